The highest BCUT2D eigenvalue weighted by atomic mass is 35.5. The van der Waals surface area contributed by atoms with E-state index in [1.807, 2.05) is 42.9 Å². The third kappa shape index (κ3) is 2.32. The Morgan fingerprint density at radius 2 is 2.15 bits per heavy atom. The van der Waals surface area contributed by atoms with Crippen LogP contribution in [0.1, 0.15) is 11.4 Å². The molecular weight excluding hydrogens is 274 g/mol. The molecular formula is C14H14ClN5. The van der Waals surface area contributed by atoms with Gasteiger partial charge in [-0.25, -0.2) is 14.6 Å². The van der Waals surface area contributed by atoms with Crippen molar-refractivity contribution in [1.29, 1.82) is 0 Å². The fourth-order valence-corrected chi connectivity index (χ4v) is 2.39. The highest BCUT2D eigenvalue weighted by Gasteiger charge is 2.10. The summed E-state index contributed by atoms with van der Waals surface area (Å²) < 4.78 is 1.86. The van der Waals surface area contributed by atoms with Gasteiger partial charge in [0.2, 0.25) is 0 Å². The molecule has 1 N–H and O–H groups in total. The number of nitrogens with one attached hydrogen (secondary N) is 1. The van der Waals surface area contributed by atoms with E-state index in [4.69, 9.17) is 11.6 Å². The summed E-state index contributed by atoms with van der Waals surface area (Å²) in [6.07, 6.45) is 1.78. The van der Waals surface area contributed by atoms with Crippen LogP contribution in [0.3, 0.4) is 0 Å². The molecule has 0 unspecified atom stereocenters. The molecule has 0 saturated heterocycles. The molecule has 0 spiro atoms. The summed E-state index contributed by atoms with van der Waals surface area (Å²) in [6, 6.07) is 7.74. The van der Waals surface area contributed by atoms with Crippen LogP contribution in [0.15, 0.2) is 30.5 Å². The van der Waals surface area contributed by atoms with Crippen LogP contribution in [0.5, 0.6) is 0 Å². The Kier molecular flexibility index (Phi) is 3.28. The van der Waals surface area contributed by atoms with Gasteiger partial charge in [0.1, 0.15) is 11.6 Å². The Hall–Kier alpha value is -2.14. The zero-order valence-corrected chi connectivity index (χ0v) is 12.0. The summed E-state index contributed by atoms with van der Waals surface area (Å²) in [5, 5.41) is 9.11. The van der Waals surface area contributed by atoms with Crippen molar-refractivity contribution in [3.05, 3.63) is 46.9 Å². The first-order chi connectivity index (χ1) is 9.67. The van der Waals surface area contributed by atoms with Crippen LogP contribution in [0.2, 0.25) is 5.02 Å². The predicted octanol–water partition coefficient (Wildman–Crippen LogP) is 2.88. The molecule has 0 bridgehead atoms. The van der Waals surface area contributed by atoms with Crippen molar-refractivity contribution in [3.63, 3.8) is 0 Å². The van der Waals surface area contributed by atoms with E-state index in [1.165, 1.54) is 0 Å². The first-order valence-electron chi connectivity index (χ1n) is 6.30. The van der Waals surface area contributed by atoms with Crippen LogP contribution in [0.4, 0.5) is 5.82 Å². The molecule has 2 heterocycles. The van der Waals surface area contributed by atoms with Gasteiger partial charge in [0.05, 0.1) is 18.1 Å². The van der Waals surface area contributed by atoms with Gasteiger partial charge in [0, 0.05) is 12.1 Å². The first kappa shape index (κ1) is 12.9. The minimum absolute atomic E-state index is 0.629. The van der Waals surface area contributed by atoms with Gasteiger partial charge in [-0.1, -0.05) is 23.7 Å². The Morgan fingerprint density at radius 3 is 2.90 bits per heavy atom. The van der Waals surface area contributed by atoms with Gasteiger partial charge < -0.3 is 5.32 Å². The molecule has 1 aromatic carbocycles. The molecule has 20 heavy (non-hydrogen) atoms. The Bertz CT molecular complexity index is 765. The molecule has 2 aromatic heterocycles. The summed E-state index contributed by atoms with van der Waals surface area (Å²) in [5.74, 6) is 1.51. The lowest BCUT2D eigenvalue weighted by atomic mass is 10.2. The molecule has 0 aliphatic rings. The number of rotatable bonds is 3. The second-order valence-corrected chi connectivity index (χ2v) is 4.98. The summed E-state index contributed by atoms with van der Waals surface area (Å²) >= 11 is 6.01. The van der Waals surface area contributed by atoms with E-state index in [0.717, 1.165) is 33.3 Å². The molecule has 0 saturated carbocycles. The van der Waals surface area contributed by atoms with Gasteiger partial charge in [-0.05, 0) is 24.6 Å². The number of aromatic nitrogens is 4. The van der Waals surface area contributed by atoms with Gasteiger partial charge >= 0.3 is 0 Å². The second kappa shape index (κ2) is 5.09. The van der Waals surface area contributed by atoms with Gasteiger partial charge in [0.15, 0.2) is 5.65 Å². The van der Waals surface area contributed by atoms with Crippen molar-refractivity contribution in [2.24, 2.45) is 0 Å². The van der Waals surface area contributed by atoms with Gasteiger partial charge in [-0.3, -0.25) is 0 Å². The van der Waals surface area contributed by atoms with Crippen LogP contribution >= 0.6 is 11.6 Å². The van der Waals surface area contributed by atoms with Crippen molar-refractivity contribution in [2.75, 3.05) is 12.4 Å². The molecule has 0 atom stereocenters. The highest BCUT2D eigenvalue weighted by molar-refractivity contribution is 6.30. The summed E-state index contributed by atoms with van der Waals surface area (Å²) in [6.45, 7) is 2.50. The van der Waals surface area contributed by atoms with Crippen molar-refractivity contribution >= 4 is 28.5 Å². The smallest absolute Gasteiger partial charge is 0.163 e. The maximum Gasteiger partial charge on any atom is 0.163 e. The fraction of sp³-hybridized carbons (Fsp3) is 0.214. The average molecular weight is 288 g/mol. The van der Waals surface area contributed by atoms with Crippen molar-refractivity contribution in [1.82, 2.24) is 19.7 Å². The molecule has 0 aliphatic carbocycles. The Balaban J connectivity index is 2.06. The predicted molar refractivity (Wildman–Crippen MR) is 80.2 cm³/mol. The molecule has 5 nitrogen and oxygen atoms in total. The zero-order chi connectivity index (χ0) is 14.1. The third-order valence-corrected chi connectivity index (χ3v) is 3.30. The molecule has 6 heteroatoms. The molecule has 102 valence electrons. The minimum atomic E-state index is 0.629. The number of hydrogen-bond donors (Lipinski definition) is 1. The summed E-state index contributed by atoms with van der Waals surface area (Å²) in [7, 11) is 1.84. The normalized spacial score (nSPS) is 10.9. The van der Waals surface area contributed by atoms with Crippen molar-refractivity contribution in [3.8, 4) is 0 Å². The van der Waals surface area contributed by atoms with E-state index >= 15 is 0 Å². The molecule has 0 aliphatic heterocycles. The average Bonchev–Trinajstić information content (AvgIpc) is 2.81. The number of benzene rings is 1. The second-order valence-electron chi connectivity index (χ2n) is 4.54. The summed E-state index contributed by atoms with van der Waals surface area (Å²) in [5.41, 5.74) is 1.91. The van der Waals surface area contributed by atoms with E-state index in [0.29, 0.717) is 6.54 Å². The largest absolute Gasteiger partial charge is 0.372 e. The molecule has 0 amide bonds. The Morgan fingerprint density at radius 1 is 1.30 bits per heavy atom. The molecule has 3 rings (SSSR count). The number of anilines is 1. The van der Waals surface area contributed by atoms with Crippen LogP contribution in [0, 0.1) is 6.92 Å². The molecule has 3 aromatic rings. The molecule has 0 fully saturated rings. The lowest BCUT2D eigenvalue weighted by Crippen LogP contribution is -2.04. The minimum Gasteiger partial charge on any atom is -0.372 e. The van der Waals surface area contributed by atoms with Crippen LogP contribution in [0.25, 0.3) is 11.0 Å². The number of nitrogens with zero attached hydrogens (tertiary/aromatic N) is 4. The van der Waals surface area contributed by atoms with E-state index in [-0.39, 0.29) is 0 Å². The number of halogens is 1. The first-order valence-corrected chi connectivity index (χ1v) is 6.67. The lowest BCUT2D eigenvalue weighted by Gasteiger charge is -2.06. The topological polar surface area (TPSA) is 55.6 Å². The van der Waals surface area contributed by atoms with Crippen LogP contribution in [-0.2, 0) is 6.54 Å². The summed E-state index contributed by atoms with van der Waals surface area (Å²) in [4.78, 5) is 8.84. The quantitative estimate of drug-likeness (QED) is 0.805. The number of hydrogen-bond acceptors (Lipinski definition) is 4. The van der Waals surface area contributed by atoms with E-state index in [1.54, 1.807) is 6.20 Å². The van der Waals surface area contributed by atoms with E-state index < -0.39 is 0 Å². The standard InChI is InChI=1S/C14H14ClN5/c1-9-18-13(16-2)12-7-17-20(14(12)19-9)8-10-4-3-5-11(15)6-10/h3-7H,8H2,1-2H3,(H,16,18,19). The van der Waals surface area contributed by atoms with E-state index in [9.17, 15) is 0 Å². The zero-order valence-electron chi connectivity index (χ0n) is 11.3. The Labute approximate surface area is 121 Å². The van der Waals surface area contributed by atoms with Gasteiger partial charge in [-0.15, -0.1) is 0 Å². The third-order valence-electron chi connectivity index (χ3n) is 3.07. The maximum atomic E-state index is 6.01. The monoisotopic (exact) mass is 287 g/mol. The molecule has 0 radical (unpaired) electrons. The fourth-order valence-electron chi connectivity index (χ4n) is 2.18. The van der Waals surface area contributed by atoms with Gasteiger partial charge in [-0.2, -0.15) is 5.10 Å². The van der Waals surface area contributed by atoms with Gasteiger partial charge in [0.25, 0.3) is 0 Å². The van der Waals surface area contributed by atoms with Crippen LogP contribution < -0.4 is 5.32 Å². The highest BCUT2D eigenvalue weighted by Crippen LogP contribution is 2.20. The SMILES string of the molecule is CNc1nc(C)nc2c1cnn2Cc1cccc(Cl)c1. The maximum absolute atomic E-state index is 6.01. The van der Waals surface area contributed by atoms with E-state index in [2.05, 4.69) is 20.4 Å². The number of aryl methyl sites for hydroxylation is 1. The number of fused-ring (bicyclic) bond motifs is 1. The van der Waals surface area contributed by atoms with Crippen molar-refractivity contribution < 1.29 is 0 Å². The lowest BCUT2D eigenvalue weighted by molar-refractivity contribution is 0.702. The van der Waals surface area contributed by atoms with Crippen LogP contribution in [-0.4, -0.2) is 26.8 Å². The van der Waals surface area contributed by atoms with Crippen molar-refractivity contribution in [2.45, 2.75) is 13.5 Å².